The molecule has 1 heterocycles. The van der Waals surface area contributed by atoms with Gasteiger partial charge in [0.05, 0.1) is 6.20 Å². The van der Waals surface area contributed by atoms with Crippen molar-refractivity contribution < 1.29 is 0 Å². The first-order chi connectivity index (χ1) is 11.4. The Hall–Kier alpha value is -2.17. The summed E-state index contributed by atoms with van der Waals surface area (Å²) in [5, 5.41) is 11.5. The molecule has 0 radical (unpaired) electrons. The Kier molecular flexibility index (Phi) is 6.12. The number of nitrogens with zero attached hydrogens (tertiary/aromatic N) is 4. The van der Waals surface area contributed by atoms with E-state index in [-0.39, 0.29) is 5.41 Å². The summed E-state index contributed by atoms with van der Waals surface area (Å²) in [5.41, 5.74) is 2.43. The number of hydrogen-bond acceptors (Lipinski definition) is 5. The Morgan fingerprint density at radius 2 is 1.62 bits per heavy atom. The van der Waals surface area contributed by atoms with E-state index >= 15 is 0 Å². The second kappa shape index (κ2) is 8.08. The van der Waals surface area contributed by atoms with Crippen LogP contribution in [-0.2, 0) is 5.41 Å². The van der Waals surface area contributed by atoms with Crippen molar-refractivity contribution in [1.82, 2.24) is 15.2 Å². The summed E-state index contributed by atoms with van der Waals surface area (Å²) in [5.74, 6) is 1.41. The summed E-state index contributed by atoms with van der Waals surface area (Å²) in [4.78, 5) is 6.87. The van der Waals surface area contributed by atoms with Gasteiger partial charge in [-0.05, 0) is 36.0 Å². The Labute approximate surface area is 145 Å². The molecule has 0 aliphatic rings. The van der Waals surface area contributed by atoms with Crippen LogP contribution in [0.1, 0.15) is 53.0 Å². The zero-order valence-electron chi connectivity index (χ0n) is 15.5. The molecule has 24 heavy (non-hydrogen) atoms. The van der Waals surface area contributed by atoms with E-state index in [9.17, 15) is 0 Å². The van der Waals surface area contributed by atoms with Crippen molar-refractivity contribution in [2.24, 2.45) is 0 Å². The molecule has 0 aliphatic carbocycles. The number of hydrogen-bond donors (Lipinski definition) is 1. The van der Waals surface area contributed by atoms with Crippen molar-refractivity contribution in [2.45, 2.75) is 52.9 Å². The van der Waals surface area contributed by atoms with Gasteiger partial charge in [0.2, 0.25) is 5.95 Å². The number of anilines is 3. The molecular formula is C19H29N5. The van der Waals surface area contributed by atoms with E-state index in [4.69, 9.17) is 0 Å². The van der Waals surface area contributed by atoms with E-state index in [2.05, 4.69) is 84.3 Å². The molecule has 2 rings (SSSR count). The highest BCUT2D eigenvalue weighted by Gasteiger charge is 2.13. The lowest BCUT2D eigenvalue weighted by atomic mass is 9.87. The van der Waals surface area contributed by atoms with E-state index in [0.29, 0.717) is 5.95 Å². The van der Waals surface area contributed by atoms with E-state index in [1.807, 2.05) is 0 Å². The molecule has 130 valence electrons. The van der Waals surface area contributed by atoms with Gasteiger partial charge in [-0.15, -0.1) is 5.10 Å². The van der Waals surface area contributed by atoms with Crippen LogP contribution in [0.3, 0.4) is 0 Å². The lowest BCUT2D eigenvalue weighted by molar-refractivity contribution is 0.590. The smallest absolute Gasteiger partial charge is 0.249 e. The van der Waals surface area contributed by atoms with Gasteiger partial charge in [-0.1, -0.05) is 46.8 Å². The molecule has 1 N–H and O–H groups in total. The Balaban J connectivity index is 2.14. The molecule has 5 nitrogen and oxygen atoms in total. The van der Waals surface area contributed by atoms with Crippen LogP contribution in [0.4, 0.5) is 17.5 Å². The van der Waals surface area contributed by atoms with E-state index in [0.717, 1.165) is 37.4 Å². The average molecular weight is 327 g/mol. The largest absolute Gasteiger partial charge is 0.355 e. The monoisotopic (exact) mass is 327 g/mol. The quantitative estimate of drug-likeness (QED) is 0.809. The minimum atomic E-state index is 0.150. The van der Waals surface area contributed by atoms with Crippen LogP contribution in [0.2, 0.25) is 0 Å². The lowest BCUT2D eigenvalue weighted by Gasteiger charge is -2.22. The topological polar surface area (TPSA) is 53.9 Å². The summed E-state index contributed by atoms with van der Waals surface area (Å²) < 4.78 is 0. The van der Waals surface area contributed by atoms with Crippen LogP contribution >= 0.6 is 0 Å². The second-order valence-corrected chi connectivity index (χ2v) is 7.08. The van der Waals surface area contributed by atoms with Crippen molar-refractivity contribution in [2.75, 3.05) is 23.3 Å². The first kappa shape index (κ1) is 18.2. The van der Waals surface area contributed by atoms with Crippen molar-refractivity contribution in [3.05, 3.63) is 36.0 Å². The highest BCUT2D eigenvalue weighted by atomic mass is 15.3. The third-order valence-electron chi connectivity index (χ3n) is 3.86. The molecule has 0 amide bonds. The van der Waals surface area contributed by atoms with Crippen LogP contribution < -0.4 is 10.2 Å². The zero-order chi connectivity index (χ0) is 17.6. The third-order valence-corrected chi connectivity index (χ3v) is 3.86. The van der Waals surface area contributed by atoms with Crippen molar-refractivity contribution in [3.63, 3.8) is 0 Å². The van der Waals surface area contributed by atoms with Gasteiger partial charge in [0.15, 0.2) is 5.82 Å². The van der Waals surface area contributed by atoms with Crippen LogP contribution in [0, 0.1) is 0 Å². The molecule has 0 unspecified atom stereocenters. The van der Waals surface area contributed by atoms with Crippen molar-refractivity contribution in [1.29, 1.82) is 0 Å². The van der Waals surface area contributed by atoms with Crippen LogP contribution in [-0.4, -0.2) is 28.3 Å². The van der Waals surface area contributed by atoms with Gasteiger partial charge in [0, 0.05) is 18.8 Å². The van der Waals surface area contributed by atoms with Gasteiger partial charge in [-0.25, -0.2) is 0 Å². The standard InChI is InChI=1S/C19H29N5/c1-6-12-24(13-7-2)17-14-20-23-18(22-17)21-16-10-8-15(9-11-16)19(3,4)5/h8-11,14H,6-7,12-13H2,1-5H3,(H,21,22,23). The fraction of sp³-hybridized carbons (Fsp3) is 0.526. The summed E-state index contributed by atoms with van der Waals surface area (Å²) in [6, 6.07) is 8.40. The highest BCUT2D eigenvalue weighted by molar-refractivity contribution is 5.55. The Bertz CT molecular complexity index is 625. The second-order valence-electron chi connectivity index (χ2n) is 7.08. The van der Waals surface area contributed by atoms with Crippen LogP contribution in [0.25, 0.3) is 0 Å². The molecular weight excluding hydrogens is 298 g/mol. The maximum absolute atomic E-state index is 4.62. The molecule has 0 spiro atoms. The predicted molar refractivity (Wildman–Crippen MR) is 101 cm³/mol. The number of aromatic nitrogens is 3. The summed E-state index contributed by atoms with van der Waals surface area (Å²) in [7, 11) is 0. The summed E-state index contributed by atoms with van der Waals surface area (Å²) >= 11 is 0. The van der Waals surface area contributed by atoms with Gasteiger partial charge in [-0.3, -0.25) is 0 Å². The fourth-order valence-electron chi connectivity index (χ4n) is 2.56. The molecule has 0 fully saturated rings. The Morgan fingerprint density at radius 1 is 1.00 bits per heavy atom. The molecule has 0 atom stereocenters. The summed E-state index contributed by atoms with van der Waals surface area (Å²) in [6.07, 6.45) is 3.90. The fourth-order valence-corrected chi connectivity index (χ4v) is 2.56. The van der Waals surface area contributed by atoms with Gasteiger partial charge in [-0.2, -0.15) is 10.1 Å². The van der Waals surface area contributed by atoms with Gasteiger partial charge in [0.25, 0.3) is 0 Å². The number of nitrogens with one attached hydrogen (secondary N) is 1. The minimum absolute atomic E-state index is 0.150. The molecule has 0 bridgehead atoms. The van der Waals surface area contributed by atoms with Gasteiger partial charge < -0.3 is 10.2 Å². The Morgan fingerprint density at radius 3 is 2.17 bits per heavy atom. The van der Waals surface area contributed by atoms with E-state index in [1.54, 1.807) is 6.20 Å². The normalized spacial score (nSPS) is 11.4. The first-order valence-electron chi connectivity index (χ1n) is 8.76. The average Bonchev–Trinajstić information content (AvgIpc) is 2.54. The van der Waals surface area contributed by atoms with Crippen molar-refractivity contribution >= 4 is 17.5 Å². The lowest BCUT2D eigenvalue weighted by Crippen LogP contribution is -2.26. The maximum Gasteiger partial charge on any atom is 0.249 e. The molecule has 0 saturated carbocycles. The maximum atomic E-state index is 4.62. The van der Waals surface area contributed by atoms with Gasteiger partial charge in [0.1, 0.15) is 0 Å². The molecule has 2 aromatic rings. The summed E-state index contributed by atoms with van der Waals surface area (Å²) in [6.45, 7) is 12.9. The SMILES string of the molecule is CCCN(CCC)c1cnnc(Nc2ccc(C(C)(C)C)cc2)n1. The molecule has 5 heteroatoms. The number of rotatable bonds is 7. The molecule has 0 saturated heterocycles. The van der Waals surface area contributed by atoms with Crippen molar-refractivity contribution in [3.8, 4) is 0 Å². The zero-order valence-corrected chi connectivity index (χ0v) is 15.5. The van der Waals surface area contributed by atoms with E-state index in [1.165, 1.54) is 5.56 Å². The third kappa shape index (κ3) is 4.91. The molecule has 1 aromatic carbocycles. The first-order valence-corrected chi connectivity index (χ1v) is 8.76. The van der Waals surface area contributed by atoms with Gasteiger partial charge >= 0.3 is 0 Å². The molecule has 0 aliphatic heterocycles. The molecule has 1 aromatic heterocycles. The highest BCUT2D eigenvalue weighted by Crippen LogP contribution is 2.24. The predicted octanol–water partition coefficient (Wildman–Crippen LogP) is 4.54. The number of benzene rings is 1. The van der Waals surface area contributed by atoms with E-state index < -0.39 is 0 Å². The van der Waals surface area contributed by atoms with Crippen LogP contribution in [0.5, 0.6) is 0 Å². The van der Waals surface area contributed by atoms with Crippen LogP contribution in [0.15, 0.2) is 30.5 Å². The minimum Gasteiger partial charge on any atom is -0.355 e.